The van der Waals surface area contributed by atoms with Crippen LogP contribution in [-0.4, -0.2) is 43.5 Å². The number of pyridine rings is 1. The van der Waals surface area contributed by atoms with E-state index in [1.165, 1.54) is 20.3 Å². The molecule has 1 N–H and O–H groups in total. The van der Waals surface area contributed by atoms with Crippen LogP contribution in [0.25, 0.3) is 10.9 Å². The average molecular weight is 519 g/mol. The third-order valence-electron chi connectivity index (χ3n) is 6.78. The van der Waals surface area contributed by atoms with Gasteiger partial charge in [-0.1, -0.05) is 23.8 Å². The summed E-state index contributed by atoms with van der Waals surface area (Å²) < 4.78 is 40.1. The fraction of sp³-hybridized carbons (Fsp3) is 0.259. The molecule has 9 nitrogen and oxygen atoms in total. The van der Waals surface area contributed by atoms with Crippen molar-refractivity contribution in [2.45, 2.75) is 36.5 Å². The molecule has 2 aromatic heterocycles. The minimum Gasteiger partial charge on any atom is -0.496 e. The number of aryl methyl sites for hydroxylation is 2. The van der Waals surface area contributed by atoms with E-state index in [1.54, 1.807) is 42.7 Å². The second-order valence-corrected chi connectivity index (χ2v) is 10.8. The number of carbonyl (C=O) groups is 1. The molecule has 1 fully saturated rings. The molecule has 0 bridgehead atoms. The Hall–Kier alpha value is -4.05. The SMILES string of the molecule is COc1ncc(C2CC2(C(=O)NS(=O)(=O)c2cccc3nc(C)ccc23)c2cc(C)ccc2OC)cn1. The van der Waals surface area contributed by atoms with Crippen LogP contribution in [0, 0.1) is 13.8 Å². The molecule has 0 spiro atoms. The zero-order valence-electron chi connectivity index (χ0n) is 20.8. The summed E-state index contributed by atoms with van der Waals surface area (Å²) in [5.74, 6) is -0.504. The molecule has 2 heterocycles. The van der Waals surface area contributed by atoms with Crippen LogP contribution in [0.5, 0.6) is 11.8 Å². The molecule has 0 saturated heterocycles. The summed E-state index contributed by atoms with van der Waals surface area (Å²) in [4.78, 5) is 26.7. The first-order valence-electron chi connectivity index (χ1n) is 11.6. The van der Waals surface area contributed by atoms with Crippen molar-refractivity contribution in [3.63, 3.8) is 0 Å². The van der Waals surface area contributed by atoms with E-state index >= 15 is 0 Å². The Morgan fingerprint density at radius 2 is 1.78 bits per heavy atom. The molecule has 1 aliphatic rings. The maximum absolute atomic E-state index is 14.0. The summed E-state index contributed by atoms with van der Waals surface area (Å²) in [6.07, 6.45) is 3.56. The predicted molar refractivity (Wildman–Crippen MR) is 137 cm³/mol. The number of ether oxygens (including phenoxy) is 2. The van der Waals surface area contributed by atoms with Crippen molar-refractivity contribution in [3.05, 3.63) is 83.3 Å². The van der Waals surface area contributed by atoms with E-state index in [0.717, 1.165) is 11.3 Å². The number of methoxy groups -OCH3 is 2. The molecule has 0 radical (unpaired) electrons. The second kappa shape index (κ2) is 9.11. The van der Waals surface area contributed by atoms with Crippen LogP contribution in [0.1, 0.15) is 34.7 Å². The minimum atomic E-state index is -4.23. The van der Waals surface area contributed by atoms with E-state index in [2.05, 4.69) is 19.7 Å². The summed E-state index contributed by atoms with van der Waals surface area (Å²) in [6.45, 7) is 3.74. The first kappa shape index (κ1) is 24.6. The zero-order chi connectivity index (χ0) is 26.4. The highest BCUT2D eigenvalue weighted by Crippen LogP contribution is 2.62. The number of nitrogens with one attached hydrogen (secondary N) is 1. The van der Waals surface area contributed by atoms with Crippen molar-refractivity contribution < 1.29 is 22.7 Å². The van der Waals surface area contributed by atoms with Gasteiger partial charge in [0.25, 0.3) is 10.0 Å². The van der Waals surface area contributed by atoms with Gasteiger partial charge in [0.2, 0.25) is 5.91 Å². The number of fused-ring (bicyclic) bond motifs is 1. The van der Waals surface area contributed by atoms with Gasteiger partial charge in [0.05, 0.1) is 30.0 Å². The predicted octanol–water partition coefficient (Wildman–Crippen LogP) is 3.59. The minimum absolute atomic E-state index is 0.0119. The number of nitrogens with zero attached hydrogens (tertiary/aromatic N) is 3. The molecular formula is C27H26N4O5S. The molecule has 10 heteroatoms. The normalized spacial score (nSPS) is 18.9. The number of sulfonamides is 1. The second-order valence-electron chi connectivity index (χ2n) is 9.14. The lowest BCUT2D eigenvalue weighted by atomic mass is 9.89. The smallest absolute Gasteiger partial charge is 0.316 e. The van der Waals surface area contributed by atoms with Gasteiger partial charge in [-0.2, -0.15) is 0 Å². The zero-order valence-corrected chi connectivity index (χ0v) is 21.7. The van der Waals surface area contributed by atoms with Crippen LogP contribution in [0.3, 0.4) is 0 Å². The average Bonchev–Trinajstić information content (AvgIpc) is 3.65. The number of amides is 1. The Morgan fingerprint density at radius 1 is 1.03 bits per heavy atom. The lowest BCUT2D eigenvalue weighted by Crippen LogP contribution is -2.40. The molecule has 1 amide bonds. The summed E-state index contributed by atoms with van der Waals surface area (Å²) in [7, 11) is -1.24. The Bertz CT molecular complexity index is 1620. The number of hydrogen-bond donors (Lipinski definition) is 1. The third kappa shape index (κ3) is 4.27. The van der Waals surface area contributed by atoms with Crippen molar-refractivity contribution in [1.82, 2.24) is 19.7 Å². The van der Waals surface area contributed by atoms with Crippen molar-refractivity contribution >= 4 is 26.8 Å². The summed E-state index contributed by atoms with van der Waals surface area (Å²) in [5.41, 5.74) is 2.32. The fourth-order valence-corrected chi connectivity index (χ4v) is 6.11. The van der Waals surface area contributed by atoms with Crippen molar-refractivity contribution in [3.8, 4) is 11.8 Å². The highest BCUT2D eigenvalue weighted by Gasteiger charge is 2.63. The molecular weight excluding hydrogens is 492 g/mol. The Morgan fingerprint density at radius 3 is 2.49 bits per heavy atom. The largest absolute Gasteiger partial charge is 0.496 e. The molecule has 190 valence electrons. The first-order chi connectivity index (χ1) is 17.7. The number of hydrogen-bond acceptors (Lipinski definition) is 8. The molecule has 2 unspecified atom stereocenters. The molecule has 2 atom stereocenters. The standard InChI is InChI=1S/C27H26N4O5S/c1-16-8-11-23(35-3)20(12-16)27(13-21(27)18-14-28-26(36-4)29-15-18)25(32)31-37(33,34)24-7-5-6-22-19(24)10-9-17(2)30-22/h5-12,14-15,21H,13H2,1-4H3,(H,31,32). The third-order valence-corrected chi connectivity index (χ3v) is 8.17. The van der Waals surface area contributed by atoms with Crippen LogP contribution in [0.2, 0.25) is 0 Å². The lowest BCUT2D eigenvalue weighted by Gasteiger charge is -2.21. The fourth-order valence-electron chi connectivity index (χ4n) is 4.85. The van der Waals surface area contributed by atoms with Gasteiger partial charge in [0, 0.05) is 35.0 Å². The molecule has 37 heavy (non-hydrogen) atoms. The number of rotatable bonds is 7. The van der Waals surface area contributed by atoms with E-state index in [0.29, 0.717) is 34.2 Å². The van der Waals surface area contributed by atoms with Crippen molar-refractivity contribution in [1.29, 1.82) is 0 Å². The maximum atomic E-state index is 14.0. The summed E-state index contributed by atoms with van der Waals surface area (Å²) in [6, 6.07) is 14.0. The Balaban J connectivity index is 1.58. The molecule has 4 aromatic rings. The van der Waals surface area contributed by atoms with Crippen LogP contribution >= 0.6 is 0 Å². The van der Waals surface area contributed by atoms with E-state index in [-0.39, 0.29) is 16.8 Å². The molecule has 1 saturated carbocycles. The maximum Gasteiger partial charge on any atom is 0.316 e. The highest BCUT2D eigenvalue weighted by atomic mass is 32.2. The van der Waals surface area contributed by atoms with Gasteiger partial charge in [0.15, 0.2) is 0 Å². The van der Waals surface area contributed by atoms with Gasteiger partial charge in [-0.05, 0) is 56.2 Å². The monoisotopic (exact) mass is 518 g/mol. The number of carbonyl (C=O) groups excluding carboxylic acids is 1. The quantitative estimate of drug-likeness (QED) is 0.394. The van der Waals surface area contributed by atoms with Crippen molar-refractivity contribution in [2.75, 3.05) is 14.2 Å². The number of benzene rings is 2. The van der Waals surface area contributed by atoms with E-state index < -0.39 is 21.3 Å². The molecule has 0 aliphatic heterocycles. The lowest BCUT2D eigenvalue weighted by molar-refractivity contribution is -0.122. The molecule has 2 aromatic carbocycles. The first-order valence-corrected chi connectivity index (χ1v) is 13.1. The van der Waals surface area contributed by atoms with Gasteiger partial charge in [0.1, 0.15) is 5.75 Å². The van der Waals surface area contributed by atoms with E-state index in [9.17, 15) is 13.2 Å². The van der Waals surface area contributed by atoms with E-state index in [1.807, 2.05) is 26.0 Å². The van der Waals surface area contributed by atoms with Gasteiger partial charge >= 0.3 is 6.01 Å². The molecule has 1 aliphatic carbocycles. The summed E-state index contributed by atoms with van der Waals surface area (Å²) >= 11 is 0. The van der Waals surface area contributed by atoms with Gasteiger partial charge in [-0.3, -0.25) is 9.78 Å². The highest BCUT2D eigenvalue weighted by molar-refractivity contribution is 7.90. The van der Waals surface area contributed by atoms with Gasteiger partial charge in [-0.25, -0.2) is 23.1 Å². The van der Waals surface area contributed by atoms with Crippen LogP contribution in [-0.2, 0) is 20.2 Å². The van der Waals surface area contributed by atoms with Crippen LogP contribution in [0.15, 0.2) is 65.8 Å². The van der Waals surface area contributed by atoms with Gasteiger partial charge in [-0.15, -0.1) is 0 Å². The van der Waals surface area contributed by atoms with E-state index in [4.69, 9.17) is 9.47 Å². The van der Waals surface area contributed by atoms with Gasteiger partial charge < -0.3 is 9.47 Å². The molecule has 5 rings (SSSR count). The number of aromatic nitrogens is 3. The van der Waals surface area contributed by atoms with Crippen molar-refractivity contribution in [2.24, 2.45) is 0 Å². The Labute approximate surface area is 214 Å². The summed E-state index contributed by atoms with van der Waals surface area (Å²) in [5, 5.41) is 0.437. The van der Waals surface area contributed by atoms with Crippen LogP contribution in [0.4, 0.5) is 0 Å². The Kier molecular flexibility index (Phi) is 6.07. The van der Waals surface area contributed by atoms with Crippen LogP contribution < -0.4 is 14.2 Å². The topological polar surface area (TPSA) is 120 Å².